The number of fused-ring (bicyclic) bond motifs is 1. The predicted molar refractivity (Wildman–Crippen MR) is 106 cm³/mol. The van der Waals surface area contributed by atoms with Gasteiger partial charge in [0, 0.05) is 34.6 Å². The van der Waals surface area contributed by atoms with Gasteiger partial charge >= 0.3 is 0 Å². The molecule has 1 aliphatic heterocycles. The Morgan fingerprint density at radius 3 is 2.46 bits per heavy atom. The van der Waals surface area contributed by atoms with Crippen LogP contribution in [0.2, 0.25) is 10.0 Å². The molecule has 0 unspecified atom stereocenters. The monoisotopic (exact) mass is 444 g/mol. The zero-order valence-electron chi connectivity index (χ0n) is 14.6. The molecule has 0 atom stereocenters. The first-order chi connectivity index (χ1) is 13.1. The van der Waals surface area contributed by atoms with Gasteiger partial charge in [0.2, 0.25) is 5.92 Å². The lowest BCUT2D eigenvalue weighted by Crippen LogP contribution is -2.39. The van der Waals surface area contributed by atoms with E-state index in [9.17, 15) is 17.2 Å². The second kappa shape index (κ2) is 6.68. The minimum absolute atomic E-state index is 0.00910. The lowest BCUT2D eigenvalue weighted by Gasteiger charge is -2.34. The van der Waals surface area contributed by atoms with Gasteiger partial charge in [0.15, 0.2) is 9.84 Å². The summed E-state index contributed by atoms with van der Waals surface area (Å²) >= 11 is 12.9. The van der Waals surface area contributed by atoms with E-state index in [1.165, 1.54) is 12.1 Å². The Balaban J connectivity index is 1.64. The van der Waals surface area contributed by atoms with Crippen molar-refractivity contribution in [3.63, 3.8) is 0 Å². The van der Waals surface area contributed by atoms with Crippen LogP contribution in [-0.2, 0) is 16.4 Å². The molecule has 148 valence electrons. The molecule has 0 bridgehead atoms. The van der Waals surface area contributed by atoms with Crippen LogP contribution in [0.3, 0.4) is 0 Å². The smallest absolute Gasteiger partial charge is 0.248 e. The van der Waals surface area contributed by atoms with E-state index in [-0.39, 0.29) is 15.7 Å². The van der Waals surface area contributed by atoms with Crippen molar-refractivity contribution < 1.29 is 17.2 Å². The Morgan fingerprint density at radius 1 is 1.14 bits per heavy atom. The Kier molecular flexibility index (Phi) is 4.68. The average Bonchev–Trinajstić information content (AvgIpc) is 2.95. The van der Waals surface area contributed by atoms with Gasteiger partial charge in [0.05, 0.1) is 22.2 Å². The standard InChI is InChI=1S/C19H16Cl2F2N2O2S/c20-15-5-12(28(26,27)9-10-6-19(22,23)7-10)2-4-13(15)14-3-1-11-8-25-18(24)16(11)17(14)21/h1-5,10H,6-9H2,(H2,24,25). The van der Waals surface area contributed by atoms with Gasteiger partial charge in [-0.25, -0.2) is 17.2 Å². The summed E-state index contributed by atoms with van der Waals surface area (Å²) in [5.74, 6) is -3.25. The molecule has 0 saturated heterocycles. The van der Waals surface area contributed by atoms with Crippen molar-refractivity contribution in [1.29, 1.82) is 0 Å². The minimum atomic E-state index is -3.71. The highest BCUT2D eigenvalue weighted by Crippen LogP contribution is 2.44. The molecular weight excluding hydrogens is 429 g/mol. The van der Waals surface area contributed by atoms with Gasteiger partial charge in [-0.2, -0.15) is 0 Å². The quantitative estimate of drug-likeness (QED) is 0.742. The van der Waals surface area contributed by atoms with Crippen LogP contribution in [0.4, 0.5) is 8.78 Å². The third-order valence-electron chi connectivity index (χ3n) is 5.12. The van der Waals surface area contributed by atoms with Crippen LogP contribution in [0.5, 0.6) is 0 Å². The minimum Gasteiger partial charge on any atom is -0.383 e. The Bertz CT molecular complexity index is 1110. The average molecular weight is 445 g/mol. The van der Waals surface area contributed by atoms with E-state index in [2.05, 4.69) is 4.99 Å². The van der Waals surface area contributed by atoms with Crippen molar-refractivity contribution in [2.24, 2.45) is 16.6 Å². The third-order valence-corrected chi connectivity index (χ3v) is 7.71. The second-order valence-corrected chi connectivity index (χ2v) is 10.0. The largest absolute Gasteiger partial charge is 0.383 e. The SMILES string of the molecule is NC1=NCc2ccc(-c3ccc(S(=O)(=O)CC4CC(F)(F)C4)cc3Cl)c(Cl)c21. The van der Waals surface area contributed by atoms with E-state index < -0.39 is 34.5 Å². The first-order valence-corrected chi connectivity index (χ1v) is 11.0. The molecule has 0 aromatic heterocycles. The van der Waals surface area contributed by atoms with E-state index in [0.717, 1.165) is 5.56 Å². The topological polar surface area (TPSA) is 72.5 Å². The van der Waals surface area contributed by atoms with Gasteiger partial charge in [0.25, 0.3) is 0 Å². The van der Waals surface area contributed by atoms with E-state index in [1.807, 2.05) is 6.07 Å². The molecule has 0 spiro atoms. The number of hydrogen-bond acceptors (Lipinski definition) is 4. The number of benzene rings is 2. The Morgan fingerprint density at radius 2 is 1.82 bits per heavy atom. The molecule has 0 amide bonds. The number of amidine groups is 1. The second-order valence-electron chi connectivity index (χ2n) is 7.22. The summed E-state index contributed by atoms with van der Waals surface area (Å²) in [6.07, 6.45) is -0.794. The molecule has 0 radical (unpaired) electrons. The van der Waals surface area contributed by atoms with Crippen molar-refractivity contribution in [1.82, 2.24) is 0 Å². The molecule has 2 aromatic rings. The molecule has 1 saturated carbocycles. The zero-order chi connectivity index (χ0) is 20.3. The molecule has 2 N–H and O–H groups in total. The molecule has 4 rings (SSSR count). The third kappa shape index (κ3) is 3.40. The number of halogens is 4. The fourth-order valence-electron chi connectivity index (χ4n) is 3.70. The number of aliphatic imine (C=N–C) groups is 1. The van der Waals surface area contributed by atoms with Crippen LogP contribution in [0.1, 0.15) is 24.0 Å². The fraction of sp³-hybridized carbons (Fsp3) is 0.316. The Labute approximate surface area is 171 Å². The molecule has 4 nitrogen and oxygen atoms in total. The lowest BCUT2D eigenvalue weighted by molar-refractivity contribution is -0.103. The highest BCUT2D eigenvalue weighted by Gasteiger charge is 2.46. The van der Waals surface area contributed by atoms with Crippen molar-refractivity contribution in [3.05, 3.63) is 51.5 Å². The van der Waals surface area contributed by atoms with Crippen LogP contribution in [0, 0.1) is 5.92 Å². The first-order valence-electron chi connectivity index (χ1n) is 8.59. The fourth-order valence-corrected chi connectivity index (χ4v) is 6.05. The summed E-state index contributed by atoms with van der Waals surface area (Å²) in [6.45, 7) is 0.465. The summed E-state index contributed by atoms with van der Waals surface area (Å²) in [5.41, 5.74) is 8.65. The molecule has 1 heterocycles. The molecule has 28 heavy (non-hydrogen) atoms. The zero-order valence-corrected chi connectivity index (χ0v) is 16.9. The van der Waals surface area contributed by atoms with Crippen molar-refractivity contribution >= 4 is 38.9 Å². The number of nitrogens with two attached hydrogens (primary N) is 1. The molecular formula is C19H16Cl2F2N2O2S. The van der Waals surface area contributed by atoms with Gasteiger partial charge in [-0.3, -0.25) is 4.99 Å². The highest BCUT2D eigenvalue weighted by atomic mass is 35.5. The van der Waals surface area contributed by atoms with E-state index in [1.54, 1.807) is 12.1 Å². The summed E-state index contributed by atoms with van der Waals surface area (Å²) in [4.78, 5) is 4.17. The molecule has 1 fully saturated rings. The molecule has 2 aromatic carbocycles. The van der Waals surface area contributed by atoms with Gasteiger partial charge in [0.1, 0.15) is 5.84 Å². The van der Waals surface area contributed by atoms with Gasteiger partial charge in [-0.05, 0) is 23.6 Å². The summed E-state index contributed by atoms with van der Waals surface area (Å²) in [5, 5.41) is 0.612. The summed E-state index contributed by atoms with van der Waals surface area (Å²) in [7, 11) is -3.71. The molecule has 2 aliphatic rings. The number of nitrogens with zero attached hydrogens (tertiary/aromatic N) is 1. The summed E-state index contributed by atoms with van der Waals surface area (Å²) in [6, 6.07) is 7.98. The van der Waals surface area contributed by atoms with Crippen LogP contribution >= 0.6 is 23.2 Å². The summed E-state index contributed by atoms with van der Waals surface area (Å²) < 4.78 is 51.1. The Hall–Kier alpha value is -1.70. The normalized spacial score (nSPS) is 18.5. The maximum absolute atomic E-state index is 13.0. The van der Waals surface area contributed by atoms with Gasteiger partial charge in [-0.15, -0.1) is 0 Å². The van der Waals surface area contributed by atoms with Crippen LogP contribution in [-0.4, -0.2) is 25.9 Å². The molecule has 1 aliphatic carbocycles. The predicted octanol–water partition coefficient (Wildman–Crippen LogP) is 4.70. The lowest BCUT2D eigenvalue weighted by atomic mass is 9.83. The van der Waals surface area contributed by atoms with E-state index in [0.29, 0.717) is 34.1 Å². The number of alkyl halides is 2. The number of sulfone groups is 1. The highest BCUT2D eigenvalue weighted by molar-refractivity contribution is 7.91. The molecule has 9 heteroatoms. The van der Waals surface area contributed by atoms with Crippen LogP contribution in [0.25, 0.3) is 11.1 Å². The maximum atomic E-state index is 13.0. The maximum Gasteiger partial charge on any atom is 0.248 e. The van der Waals surface area contributed by atoms with E-state index >= 15 is 0 Å². The van der Waals surface area contributed by atoms with Crippen molar-refractivity contribution in [3.8, 4) is 11.1 Å². The number of hydrogen-bond donors (Lipinski definition) is 1. The van der Waals surface area contributed by atoms with Gasteiger partial charge in [-0.1, -0.05) is 41.4 Å². The van der Waals surface area contributed by atoms with Crippen molar-refractivity contribution in [2.75, 3.05) is 5.75 Å². The number of rotatable bonds is 4. The van der Waals surface area contributed by atoms with E-state index in [4.69, 9.17) is 28.9 Å². The van der Waals surface area contributed by atoms with Crippen molar-refractivity contribution in [2.45, 2.75) is 30.2 Å². The van der Waals surface area contributed by atoms with Gasteiger partial charge < -0.3 is 5.73 Å². The van der Waals surface area contributed by atoms with Crippen LogP contribution in [0.15, 0.2) is 40.2 Å². The van der Waals surface area contributed by atoms with Crippen LogP contribution < -0.4 is 5.73 Å². The first kappa shape index (κ1) is 19.6.